The number of benzene rings is 1. The van der Waals surface area contributed by atoms with Crippen molar-refractivity contribution in [2.45, 2.75) is 19.3 Å². The molecule has 0 spiro atoms. The Kier molecular flexibility index (Phi) is 5.94. The molecule has 2 saturated heterocycles. The number of piperidine rings is 1. The molecule has 1 aromatic heterocycles. The lowest BCUT2D eigenvalue weighted by atomic mass is 9.89. The maximum Gasteiger partial charge on any atom is 0.274 e. The molecule has 2 amide bonds. The van der Waals surface area contributed by atoms with E-state index in [9.17, 15) is 9.59 Å². The first kappa shape index (κ1) is 19.6. The molecular formula is C22H28N4O3. The number of ether oxygens (including phenoxy) is 1. The number of aryl methyl sites for hydroxylation is 1. The molecule has 0 bridgehead atoms. The van der Waals surface area contributed by atoms with Crippen molar-refractivity contribution in [1.29, 1.82) is 0 Å². The number of likely N-dealkylation sites (tertiary alicyclic amines) is 1. The monoisotopic (exact) mass is 396 g/mol. The van der Waals surface area contributed by atoms with Crippen LogP contribution in [0.1, 0.15) is 39.3 Å². The molecule has 3 heterocycles. The summed E-state index contributed by atoms with van der Waals surface area (Å²) in [6.45, 7) is 4.10. The lowest BCUT2D eigenvalue weighted by Gasteiger charge is -2.31. The van der Waals surface area contributed by atoms with Crippen molar-refractivity contribution in [3.05, 3.63) is 53.6 Å². The third-order valence-electron chi connectivity index (χ3n) is 5.85. The van der Waals surface area contributed by atoms with E-state index in [1.165, 1.54) is 5.56 Å². The smallest absolute Gasteiger partial charge is 0.274 e. The van der Waals surface area contributed by atoms with Gasteiger partial charge in [-0.15, -0.1) is 0 Å². The summed E-state index contributed by atoms with van der Waals surface area (Å²) < 4.78 is 7.11. The summed E-state index contributed by atoms with van der Waals surface area (Å²) in [6.07, 6.45) is 6.40. The molecule has 0 aliphatic carbocycles. The van der Waals surface area contributed by atoms with Crippen LogP contribution in [0.25, 0.3) is 0 Å². The molecule has 0 saturated carbocycles. The van der Waals surface area contributed by atoms with E-state index in [4.69, 9.17) is 4.74 Å². The normalized spacial score (nSPS) is 18.1. The second-order valence-corrected chi connectivity index (χ2v) is 7.97. The van der Waals surface area contributed by atoms with Gasteiger partial charge in [-0.1, -0.05) is 12.1 Å². The van der Waals surface area contributed by atoms with E-state index >= 15 is 0 Å². The Labute approximate surface area is 171 Å². The number of aromatic nitrogens is 2. The van der Waals surface area contributed by atoms with Crippen LogP contribution >= 0.6 is 0 Å². The van der Waals surface area contributed by atoms with Gasteiger partial charge in [0.15, 0.2) is 0 Å². The third kappa shape index (κ3) is 4.67. The Bertz CT molecular complexity index is 847. The number of morpholine rings is 1. The number of nitrogens with zero attached hydrogens (tertiary/aromatic N) is 4. The molecule has 0 N–H and O–H groups in total. The van der Waals surface area contributed by atoms with Gasteiger partial charge in [-0.3, -0.25) is 9.59 Å². The Morgan fingerprint density at radius 3 is 2.28 bits per heavy atom. The van der Waals surface area contributed by atoms with E-state index < -0.39 is 0 Å². The fourth-order valence-electron chi connectivity index (χ4n) is 4.09. The summed E-state index contributed by atoms with van der Waals surface area (Å²) in [7, 11) is 1.87. The Morgan fingerprint density at radius 2 is 1.66 bits per heavy atom. The van der Waals surface area contributed by atoms with Gasteiger partial charge in [0.2, 0.25) is 0 Å². The zero-order valence-corrected chi connectivity index (χ0v) is 16.9. The summed E-state index contributed by atoms with van der Waals surface area (Å²) >= 11 is 0. The Hall–Kier alpha value is -2.67. The van der Waals surface area contributed by atoms with E-state index in [0.717, 1.165) is 37.9 Å². The minimum absolute atomic E-state index is 0.0232. The lowest BCUT2D eigenvalue weighted by molar-refractivity contribution is 0.0303. The van der Waals surface area contributed by atoms with Crippen molar-refractivity contribution < 1.29 is 14.3 Å². The predicted molar refractivity (Wildman–Crippen MR) is 109 cm³/mol. The van der Waals surface area contributed by atoms with Gasteiger partial charge in [-0.05, 0) is 42.9 Å². The second-order valence-electron chi connectivity index (χ2n) is 7.97. The molecule has 2 aliphatic heterocycles. The molecule has 2 aromatic rings. The average Bonchev–Trinajstić information content (AvgIpc) is 3.21. The van der Waals surface area contributed by atoms with Gasteiger partial charge in [-0.25, -0.2) is 4.98 Å². The number of hydrogen-bond donors (Lipinski definition) is 0. The van der Waals surface area contributed by atoms with Crippen LogP contribution in [0.3, 0.4) is 0 Å². The summed E-state index contributed by atoms with van der Waals surface area (Å²) in [5.41, 5.74) is 2.51. The molecule has 1 aromatic carbocycles. The molecule has 2 fully saturated rings. The van der Waals surface area contributed by atoms with Gasteiger partial charge in [0.1, 0.15) is 5.69 Å². The largest absolute Gasteiger partial charge is 0.378 e. The number of amides is 2. The van der Waals surface area contributed by atoms with Gasteiger partial charge in [0.25, 0.3) is 11.8 Å². The van der Waals surface area contributed by atoms with E-state index in [1.54, 1.807) is 17.1 Å². The highest BCUT2D eigenvalue weighted by Gasteiger charge is 2.25. The maximum atomic E-state index is 12.5. The van der Waals surface area contributed by atoms with Gasteiger partial charge in [0.05, 0.1) is 19.5 Å². The molecule has 7 nitrogen and oxygen atoms in total. The van der Waals surface area contributed by atoms with Crippen molar-refractivity contribution in [3.63, 3.8) is 0 Å². The minimum Gasteiger partial charge on any atom is -0.378 e. The molecule has 154 valence electrons. The van der Waals surface area contributed by atoms with Crippen molar-refractivity contribution >= 4 is 11.8 Å². The first-order valence-electron chi connectivity index (χ1n) is 10.3. The van der Waals surface area contributed by atoms with Crippen LogP contribution < -0.4 is 0 Å². The number of imidazole rings is 1. The van der Waals surface area contributed by atoms with Crippen LogP contribution in [0.5, 0.6) is 0 Å². The minimum atomic E-state index is 0.0232. The highest BCUT2D eigenvalue weighted by molar-refractivity contribution is 5.94. The summed E-state index contributed by atoms with van der Waals surface area (Å²) in [6, 6.07) is 8.01. The topological polar surface area (TPSA) is 67.7 Å². The molecular weight excluding hydrogens is 368 g/mol. The van der Waals surface area contributed by atoms with Gasteiger partial charge in [0, 0.05) is 45.0 Å². The number of carbonyl (C=O) groups excluding carboxylic acids is 2. The molecule has 2 aliphatic rings. The number of carbonyl (C=O) groups is 2. The van der Waals surface area contributed by atoms with E-state index in [-0.39, 0.29) is 11.8 Å². The molecule has 0 atom stereocenters. The molecule has 0 radical (unpaired) electrons. The van der Waals surface area contributed by atoms with Crippen LogP contribution in [0.15, 0.2) is 36.8 Å². The highest BCUT2D eigenvalue weighted by Crippen LogP contribution is 2.23. The van der Waals surface area contributed by atoms with E-state index in [0.29, 0.717) is 37.9 Å². The summed E-state index contributed by atoms with van der Waals surface area (Å²) in [5.74, 6) is 0.666. The van der Waals surface area contributed by atoms with Crippen LogP contribution in [-0.4, -0.2) is 70.6 Å². The van der Waals surface area contributed by atoms with Crippen LogP contribution in [0, 0.1) is 5.92 Å². The zero-order chi connectivity index (χ0) is 20.2. The Morgan fingerprint density at radius 1 is 1.00 bits per heavy atom. The summed E-state index contributed by atoms with van der Waals surface area (Å²) in [4.78, 5) is 33.0. The van der Waals surface area contributed by atoms with Crippen LogP contribution in [0.2, 0.25) is 0 Å². The highest BCUT2D eigenvalue weighted by atomic mass is 16.5. The first-order chi connectivity index (χ1) is 14.1. The lowest BCUT2D eigenvalue weighted by Crippen LogP contribution is -2.40. The zero-order valence-electron chi connectivity index (χ0n) is 16.9. The van der Waals surface area contributed by atoms with Gasteiger partial charge < -0.3 is 19.1 Å². The van der Waals surface area contributed by atoms with E-state index in [1.807, 2.05) is 29.0 Å². The number of rotatable bonds is 4. The molecule has 29 heavy (non-hydrogen) atoms. The van der Waals surface area contributed by atoms with Crippen molar-refractivity contribution in [3.8, 4) is 0 Å². The van der Waals surface area contributed by atoms with Crippen LogP contribution in [0.4, 0.5) is 0 Å². The molecule has 4 rings (SSSR count). The Balaban J connectivity index is 1.28. The number of hydrogen-bond acceptors (Lipinski definition) is 4. The maximum absolute atomic E-state index is 12.5. The quantitative estimate of drug-likeness (QED) is 0.793. The van der Waals surface area contributed by atoms with Crippen molar-refractivity contribution in [2.24, 2.45) is 13.0 Å². The fourth-order valence-corrected chi connectivity index (χ4v) is 4.09. The average molecular weight is 396 g/mol. The SMILES string of the molecule is Cn1cnc(C(=O)N2CCC(Cc3ccc(C(=O)N4CCOCC4)cc3)CC2)c1. The third-order valence-corrected chi connectivity index (χ3v) is 5.85. The van der Waals surface area contributed by atoms with Crippen molar-refractivity contribution in [2.75, 3.05) is 39.4 Å². The second kappa shape index (κ2) is 8.78. The fraction of sp³-hybridized carbons (Fsp3) is 0.500. The molecule has 0 unspecified atom stereocenters. The van der Waals surface area contributed by atoms with E-state index in [2.05, 4.69) is 17.1 Å². The standard InChI is InChI=1S/C22H28N4O3/c1-24-15-20(23-16-24)22(28)25-8-6-18(7-9-25)14-17-2-4-19(5-3-17)21(27)26-10-12-29-13-11-26/h2-5,15-16,18H,6-14H2,1H3. The van der Waals surface area contributed by atoms with Gasteiger partial charge >= 0.3 is 0 Å². The summed E-state index contributed by atoms with van der Waals surface area (Å²) in [5, 5.41) is 0. The predicted octanol–water partition coefficient (Wildman–Crippen LogP) is 1.99. The van der Waals surface area contributed by atoms with Crippen LogP contribution in [-0.2, 0) is 18.2 Å². The van der Waals surface area contributed by atoms with Gasteiger partial charge in [-0.2, -0.15) is 0 Å². The molecule has 7 heteroatoms. The first-order valence-corrected chi connectivity index (χ1v) is 10.3. The van der Waals surface area contributed by atoms with Crippen molar-refractivity contribution in [1.82, 2.24) is 19.4 Å².